The van der Waals surface area contributed by atoms with Crippen LogP contribution in [0.25, 0.3) is 0 Å². The Kier molecular flexibility index (Phi) is 7.04. The number of nitriles is 1. The van der Waals surface area contributed by atoms with Crippen molar-refractivity contribution in [3.05, 3.63) is 77.9 Å². The van der Waals surface area contributed by atoms with Crippen molar-refractivity contribution < 1.29 is 4.74 Å². The average Bonchev–Trinajstić information content (AvgIpc) is 2.72. The van der Waals surface area contributed by atoms with E-state index in [0.29, 0.717) is 18.2 Å². The minimum absolute atomic E-state index is 0.466. The standard InChI is InChI=1S/C23H27N3O/c1-2-11-26-12-9-22(10-13-26)25-17-20-6-4-8-23(15-20)27-18-21-7-3-5-19(14-21)16-24/h2-8,14-15,22,25H,1,9-13,17-18H2. The van der Waals surface area contributed by atoms with E-state index in [1.165, 1.54) is 18.4 Å². The number of benzene rings is 2. The summed E-state index contributed by atoms with van der Waals surface area (Å²) >= 11 is 0. The van der Waals surface area contributed by atoms with Crippen molar-refractivity contribution in [2.45, 2.75) is 32.0 Å². The molecule has 0 aromatic heterocycles. The van der Waals surface area contributed by atoms with Gasteiger partial charge in [0.25, 0.3) is 0 Å². The number of ether oxygens (including phenoxy) is 1. The predicted octanol–water partition coefficient (Wildman–Crippen LogP) is 3.88. The van der Waals surface area contributed by atoms with Crippen molar-refractivity contribution in [3.63, 3.8) is 0 Å². The second-order valence-corrected chi connectivity index (χ2v) is 6.99. The van der Waals surface area contributed by atoms with Gasteiger partial charge in [-0.2, -0.15) is 5.26 Å². The van der Waals surface area contributed by atoms with Gasteiger partial charge in [-0.15, -0.1) is 6.58 Å². The van der Waals surface area contributed by atoms with Crippen molar-refractivity contribution in [3.8, 4) is 11.8 Å². The zero-order valence-corrected chi connectivity index (χ0v) is 15.7. The van der Waals surface area contributed by atoms with E-state index in [1.54, 1.807) is 6.07 Å². The van der Waals surface area contributed by atoms with Crippen LogP contribution in [0.4, 0.5) is 0 Å². The Balaban J connectivity index is 1.47. The summed E-state index contributed by atoms with van der Waals surface area (Å²) < 4.78 is 5.91. The number of piperidine rings is 1. The quantitative estimate of drug-likeness (QED) is 0.725. The molecule has 1 aliphatic heterocycles. The second-order valence-electron chi connectivity index (χ2n) is 6.99. The van der Waals surface area contributed by atoms with Gasteiger partial charge in [0.15, 0.2) is 0 Å². The fourth-order valence-corrected chi connectivity index (χ4v) is 3.41. The lowest BCUT2D eigenvalue weighted by molar-refractivity contribution is 0.214. The van der Waals surface area contributed by atoms with E-state index in [0.717, 1.165) is 37.5 Å². The van der Waals surface area contributed by atoms with Crippen molar-refractivity contribution in [1.82, 2.24) is 10.2 Å². The summed E-state index contributed by atoms with van der Waals surface area (Å²) in [6.45, 7) is 8.40. The molecule has 1 N–H and O–H groups in total. The van der Waals surface area contributed by atoms with Gasteiger partial charge in [-0.1, -0.05) is 30.3 Å². The number of nitrogens with one attached hydrogen (secondary N) is 1. The molecule has 0 bridgehead atoms. The highest BCUT2D eigenvalue weighted by atomic mass is 16.5. The molecule has 1 aliphatic rings. The molecular formula is C23H27N3O. The molecule has 0 unspecified atom stereocenters. The summed E-state index contributed by atoms with van der Waals surface area (Å²) in [5.41, 5.74) is 2.89. The van der Waals surface area contributed by atoms with Crippen LogP contribution in [0.1, 0.15) is 29.5 Å². The van der Waals surface area contributed by atoms with Crippen LogP contribution in [0.3, 0.4) is 0 Å². The fraction of sp³-hybridized carbons (Fsp3) is 0.348. The Morgan fingerprint density at radius 2 is 1.93 bits per heavy atom. The van der Waals surface area contributed by atoms with E-state index < -0.39 is 0 Å². The van der Waals surface area contributed by atoms with Crippen LogP contribution in [0.5, 0.6) is 5.75 Å². The minimum Gasteiger partial charge on any atom is -0.489 e. The smallest absolute Gasteiger partial charge is 0.120 e. The van der Waals surface area contributed by atoms with E-state index in [1.807, 2.05) is 36.4 Å². The molecule has 0 spiro atoms. The molecular weight excluding hydrogens is 334 g/mol. The lowest BCUT2D eigenvalue weighted by Crippen LogP contribution is -2.42. The molecule has 0 saturated carbocycles. The summed E-state index contributed by atoms with van der Waals surface area (Å²) in [6.07, 6.45) is 4.34. The van der Waals surface area contributed by atoms with Crippen molar-refractivity contribution in [1.29, 1.82) is 5.26 Å². The topological polar surface area (TPSA) is 48.3 Å². The average molecular weight is 361 g/mol. The molecule has 27 heavy (non-hydrogen) atoms. The van der Waals surface area contributed by atoms with Crippen LogP contribution < -0.4 is 10.1 Å². The molecule has 4 nitrogen and oxygen atoms in total. The maximum atomic E-state index is 8.99. The first-order valence-electron chi connectivity index (χ1n) is 9.54. The van der Waals surface area contributed by atoms with Gasteiger partial charge in [0, 0.05) is 19.1 Å². The Labute approximate surface area is 162 Å². The van der Waals surface area contributed by atoms with Crippen LogP contribution in [0, 0.1) is 11.3 Å². The van der Waals surface area contributed by atoms with Gasteiger partial charge in [0.1, 0.15) is 12.4 Å². The van der Waals surface area contributed by atoms with Gasteiger partial charge < -0.3 is 10.1 Å². The Morgan fingerprint density at radius 1 is 1.15 bits per heavy atom. The van der Waals surface area contributed by atoms with Crippen molar-refractivity contribution in [2.75, 3.05) is 19.6 Å². The number of hydrogen-bond donors (Lipinski definition) is 1. The fourth-order valence-electron chi connectivity index (χ4n) is 3.41. The van der Waals surface area contributed by atoms with E-state index in [4.69, 9.17) is 10.00 Å². The zero-order valence-electron chi connectivity index (χ0n) is 15.7. The third-order valence-corrected chi connectivity index (χ3v) is 4.93. The Bertz CT molecular complexity index is 788. The molecule has 1 heterocycles. The van der Waals surface area contributed by atoms with Gasteiger partial charge in [0.05, 0.1) is 11.6 Å². The van der Waals surface area contributed by atoms with E-state index in [9.17, 15) is 0 Å². The first-order chi connectivity index (χ1) is 13.3. The Morgan fingerprint density at radius 3 is 2.70 bits per heavy atom. The summed E-state index contributed by atoms with van der Waals surface area (Å²) in [7, 11) is 0. The lowest BCUT2D eigenvalue weighted by atomic mass is 10.0. The number of hydrogen-bond acceptors (Lipinski definition) is 4. The first-order valence-corrected chi connectivity index (χ1v) is 9.54. The van der Waals surface area contributed by atoms with Crippen molar-refractivity contribution >= 4 is 0 Å². The SMILES string of the molecule is C=CCN1CCC(NCc2cccc(OCc3cccc(C#N)c3)c2)CC1. The molecule has 1 fully saturated rings. The summed E-state index contributed by atoms with van der Waals surface area (Å²) in [5.74, 6) is 0.859. The van der Waals surface area contributed by atoms with Crippen LogP contribution >= 0.6 is 0 Å². The number of nitrogens with zero attached hydrogens (tertiary/aromatic N) is 2. The highest BCUT2D eigenvalue weighted by Gasteiger charge is 2.17. The third kappa shape index (κ3) is 5.96. The first kappa shape index (κ1) is 19.2. The van der Waals surface area contributed by atoms with Crippen LogP contribution in [0.2, 0.25) is 0 Å². The van der Waals surface area contributed by atoms with E-state index in [-0.39, 0.29) is 0 Å². The molecule has 0 aliphatic carbocycles. The van der Waals surface area contributed by atoms with Crippen LogP contribution in [0.15, 0.2) is 61.2 Å². The molecule has 0 atom stereocenters. The zero-order chi connectivity index (χ0) is 18.9. The molecule has 4 heteroatoms. The molecule has 1 saturated heterocycles. The number of rotatable bonds is 8. The highest BCUT2D eigenvalue weighted by molar-refractivity contribution is 5.33. The summed E-state index contributed by atoms with van der Waals surface area (Å²) in [4.78, 5) is 2.45. The Hall–Kier alpha value is -2.61. The van der Waals surface area contributed by atoms with Gasteiger partial charge >= 0.3 is 0 Å². The monoisotopic (exact) mass is 361 g/mol. The van der Waals surface area contributed by atoms with E-state index in [2.05, 4.69) is 35.0 Å². The van der Waals surface area contributed by atoms with Gasteiger partial charge in [0.2, 0.25) is 0 Å². The van der Waals surface area contributed by atoms with Crippen LogP contribution in [-0.4, -0.2) is 30.6 Å². The summed E-state index contributed by atoms with van der Waals surface area (Å²) in [5, 5.41) is 12.7. The largest absolute Gasteiger partial charge is 0.489 e. The lowest BCUT2D eigenvalue weighted by Gasteiger charge is -2.31. The van der Waals surface area contributed by atoms with Crippen molar-refractivity contribution in [2.24, 2.45) is 0 Å². The maximum absolute atomic E-state index is 8.99. The molecule has 2 aromatic carbocycles. The predicted molar refractivity (Wildman–Crippen MR) is 108 cm³/mol. The highest BCUT2D eigenvalue weighted by Crippen LogP contribution is 2.17. The molecule has 2 aromatic rings. The molecule has 0 radical (unpaired) electrons. The molecule has 0 amide bonds. The number of likely N-dealkylation sites (tertiary alicyclic amines) is 1. The van der Waals surface area contributed by atoms with Gasteiger partial charge in [-0.25, -0.2) is 0 Å². The minimum atomic E-state index is 0.466. The summed E-state index contributed by atoms with van der Waals surface area (Å²) in [6, 6.07) is 18.5. The van der Waals surface area contributed by atoms with Crippen LogP contribution in [-0.2, 0) is 13.2 Å². The van der Waals surface area contributed by atoms with Gasteiger partial charge in [-0.3, -0.25) is 4.90 Å². The normalized spacial score (nSPS) is 15.2. The van der Waals surface area contributed by atoms with Gasteiger partial charge in [-0.05, 0) is 61.3 Å². The maximum Gasteiger partial charge on any atom is 0.120 e. The second kappa shape index (κ2) is 9.91. The molecule has 3 rings (SSSR count). The molecule has 140 valence electrons. The van der Waals surface area contributed by atoms with E-state index >= 15 is 0 Å². The third-order valence-electron chi connectivity index (χ3n) is 4.93.